The third-order valence-corrected chi connectivity index (χ3v) is 4.34. The van der Waals surface area contributed by atoms with Crippen molar-refractivity contribution in [1.82, 2.24) is 9.97 Å². The smallest absolute Gasteiger partial charge is 0.257 e. The number of benzene rings is 2. The molecule has 4 rings (SSSR count). The zero-order valence-electron chi connectivity index (χ0n) is 12.7. The van der Waals surface area contributed by atoms with Crippen molar-refractivity contribution in [2.75, 3.05) is 5.32 Å². The van der Waals surface area contributed by atoms with E-state index in [1.807, 2.05) is 6.07 Å². The van der Waals surface area contributed by atoms with E-state index in [1.54, 1.807) is 48.5 Å². The Morgan fingerprint density at radius 3 is 2.64 bits per heavy atom. The molecule has 2 N–H and O–H groups in total. The minimum absolute atomic E-state index is 0.244. The molecular formula is C18H11BrClN3O2. The molecule has 0 aliphatic heterocycles. The van der Waals surface area contributed by atoms with E-state index in [0.29, 0.717) is 38.0 Å². The summed E-state index contributed by atoms with van der Waals surface area (Å²) in [7, 11) is 0. The van der Waals surface area contributed by atoms with Crippen molar-refractivity contribution in [2.24, 2.45) is 0 Å². The van der Waals surface area contributed by atoms with E-state index in [4.69, 9.17) is 16.0 Å². The fraction of sp³-hybridized carbons (Fsp3) is 0. The quantitative estimate of drug-likeness (QED) is 0.464. The predicted molar refractivity (Wildman–Crippen MR) is 101 cm³/mol. The number of anilines is 1. The molecule has 0 radical (unpaired) electrons. The Balaban J connectivity index is 1.70. The van der Waals surface area contributed by atoms with Crippen LogP contribution in [-0.2, 0) is 0 Å². The molecule has 0 bridgehead atoms. The molecule has 25 heavy (non-hydrogen) atoms. The van der Waals surface area contributed by atoms with Crippen molar-refractivity contribution < 1.29 is 9.21 Å². The molecule has 0 atom stereocenters. The maximum absolute atomic E-state index is 12.6. The van der Waals surface area contributed by atoms with Gasteiger partial charge in [-0.2, -0.15) is 0 Å². The van der Waals surface area contributed by atoms with Gasteiger partial charge in [-0.3, -0.25) is 4.79 Å². The van der Waals surface area contributed by atoms with Crippen molar-refractivity contribution in [2.45, 2.75) is 0 Å². The fourth-order valence-electron chi connectivity index (χ4n) is 2.51. The number of fused-ring (bicyclic) bond motifs is 1. The standard InChI is InChI=1S/C18H11BrClN3O2/c19-15-9-8-14(25-15)17-22-13-3-1-2-12(16(13)23-17)18(24)21-11-6-4-10(20)5-7-11/h1-9H,(H,21,24)(H,22,23). The number of carbonyl (C=O) groups excluding carboxylic acids is 1. The van der Waals surface area contributed by atoms with Gasteiger partial charge in [0.1, 0.15) is 5.52 Å². The number of nitrogens with one attached hydrogen (secondary N) is 2. The highest BCUT2D eigenvalue weighted by Crippen LogP contribution is 2.26. The number of rotatable bonds is 3. The van der Waals surface area contributed by atoms with Gasteiger partial charge in [0.15, 0.2) is 16.3 Å². The van der Waals surface area contributed by atoms with Crippen molar-refractivity contribution in [3.05, 3.63) is 69.9 Å². The Morgan fingerprint density at radius 1 is 1.12 bits per heavy atom. The molecule has 2 aromatic heterocycles. The van der Waals surface area contributed by atoms with Gasteiger partial charge in [0, 0.05) is 10.7 Å². The van der Waals surface area contributed by atoms with Crippen LogP contribution in [0, 0.1) is 0 Å². The molecule has 7 heteroatoms. The first kappa shape index (κ1) is 15.9. The fourth-order valence-corrected chi connectivity index (χ4v) is 2.94. The average molecular weight is 417 g/mol. The van der Waals surface area contributed by atoms with E-state index >= 15 is 0 Å². The Bertz CT molecular complexity index is 1070. The molecule has 0 aliphatic carbocycles. The van der Waals surface area contributed by atoms with Crippen molar-refractivity contribution >= 4 is 50.2 Å². The van der Waals surface area contributed by atoms with Crippen LogP contribution in [0.2, 0.25) is 5.02 Å². The second kappa shape index (κ2) is 6.38. The van der Waals surface area contributed by atoms with Crippen LogP contribution in [0.4, 0.5) is 5.69 Å². The SMILES string of the molecule is O=C(Nc1ccc(Cl)cc1)c1cccc2[nH]c(-c3ccc(Br)o3)nc12. The van der Waals surface area contributed by atoms with Gasteiger partial charge in [-0.15, -0.1) is 0 Å². The van der Waals surface area contributed by atoms with Crippen molar-refractivity contribution in [3.63, 3.8) is 0 Å². The van der Waals surface area contributed by atoms with Crippen LogP contribution in [-0.4, -0.2) is 15.9 Å². The summed E-state index contributed by atoms with van der Waals surface area (Å²) in [6.45, 7) is 0. The van der Waals surface area contributed by atoms with Crippen molar-refractivity contribution in [1.29, 1.82) is 0 Å². The maximum Gasteiger partial charge on any atom is 0.257 e. The second-order valence-electron chi connectivity index (χ2n) is 5.35. The van der Waals surface area contributed by atoms with Gasteiger partial charge in [-0.05, 0) is 64.5 Å². The van der Waals surface area contributed by atoms with Gasteiger partial charge in [0.05, 0.1) is 11.1 Å². The lowest BCUT2D eigenvalue weighted by atomic mass is 10.1. The number of imidazole rings is 1. The minimum Gasteiger partial charge on any atom is -0.446 e. The lowest BCUT2D eigenvalue weighted by Crippen LogP contribution is -2.12. The molecule has 0 unspecified atom stereocenters. The summed E-state index contributed by atoms with van der Waals surface area (Å²) < 4.78 is 6.13. The minimum atomic E-state index is -0.244. The van der Waals surface area contributed by atoms with E-state index in [2.05, 4.69) is 31.2 Å². The molecule has 2 heterocycles. The summed E-state index contributed by atoms with van der Waals surface area (Å²) in [5, 5.41) is 3.46. The first-order valence-corrected chi connectivity index (χ1v) is 8.58. The zero-order chi connectivity index (χ0) is 17.4. The largest absolute Gasteiger partial charge is 0.446 e. The molecule has 0 spiro atoms. The normalized spacial score (nSPS) is 11.0. The molecule has 0 saturated carbocycles. The number of halogens is 2. The van der Waals surface area contributed by atoms with Gasteiger partial charge in [0.25, 0.3) is 5.91 Å². The number of carbonyl (C=O) groups is 1. The van der Waals surface area contributed by atoms with E-state index < -0.39 is 0 Å². The molecular weight excluding hydrogens is 406 g/mol. The number of hydrogen-bond acceptors (Lipinski definition) is 3. The lowest BCUT2D eigenvalue weighted by Gasteiger charge is -2.05. The highest BCUT2D eigenvalue weighted by atomic mass is 79.9. The third-order valence-electron chi connectivity index (χ3n) is 3.67. The Labute approximate surface area is 156 Å². The van der Waals surface area contributed by atoms with Crippen LogP contribution in [0.15, 0.2) is 63.7 Å². The van der Waals surface area contributed by atoms with E-state index in [0.717, 1.165) is 5.52 Å². The van der Waals surface area contributed by atoms with E-state index in [9.17, 15) is 4.79 Å². The topological polar surface area (TPSA) is 70.9 Å². The Kier molecular flexibility index (Phi) is 4.07. The summed E-state index contributed by atoms with van der Waals surface area (Å²) in [4.78, 5) is 20.3. The summed E-state index contributed by atoms with van der Waals surface area (Å²) in [5.41, 5.74) is 2.47. The highest BCUT2D eigenvalue weighted by molar-refractivity contribution is 9.10. The highest BCUT2D eigenvalue weighted by Gasteiger charge is 2.16. The Hall–Kier alpha value is -2.57. The van der Waals surface area contributed by atoms with E-state index in [1.165, 1.54) is 0 Å². The van der Waals surface area contributed by atoms with Crippen LogP contribution in [0.1, 0.15) is 10.4 Å². The molecule has 2 aromatic carbocycles. The molecule has 5 nitrogen and oxygen atoms in total. The van der Waals surface area contributed by atoms with Gasteiger partial charge >= 0.3 is 0 Å². The van der Waals surface area contributed by atoms with E-state index in [-0.39, 0.29) is 5.91 Å². The molecule has 124 valence electrons. The Morgan fingerprint density at radius 2 is 1.92 bits per heavy atom. The van der Waals surface area contributed by atoms with Gasteiger partial charge < -0.3 is 14.7 Å². The number of aromatic amines is 1. The first-order valence-electron chi connectivity index (χ1n) is 7.41. The van der Waals surface area contributed by atoms with Crippen LogP contribution >= 0.6 is 27.5 Å². The summed E-state index contributed by atoms with van der Waals surface area (Å²) in [6.07, 6.45) is 0. The maximum atomic E-state index is 12.6. The number of aromatic nitrogens is 2. The van der Waals surface area contributed by atoms with Gasteiger partial charge in [0.2, 0.25) is 0 Å². The number of furan rings is 1. The van der Waals surface area contributed by atoms with Gasteiger partial charge in [-0.25, -0.2) is 4.98 Å². The number of para-hydroxylation sites is 1. The second-order valence-corrected chi connectivity index (χ2v) is 6.57. The number of amides is 1. The number of nitrogens with zero attached hydrogens (tertiary/aromatic N) is 1. The summed E-state index contributed by atoms with van der Waals surface area (Å²) in [5.74, 6) is 0.908. The zero-order valence-corrected chi connectivity index (χ0v) is 15.1. The van der Waals surface area contributed by atoms with Crippen LogP contribution in [0.5, 0.6) is 0 Å². The third kappa shape index (κ3) is 3.18. The summed E-state index contributed by atoms with van der Waals surface area (Å²) >= 11 is 9.14. The van der Waals surface area contributed by atoms with Crippen molar-refractivity contribution in [3.8, 4) is 11.6 Å². The molecule has 0 fully saturated rings. The van der Waals surface area contributed by atoms with Crippen LogP contribution in [0.25, 0.3) is 22.6 Å². The molecule has 0 aliphatic rings. The lowest BCUT2D eigenvalue weighted by molar-refractivity contribution is 0.102. The molecule has 0 saturated heterocycles. The van der Waals surface area contributed by atoms with Crippen LogP contribution in [0.3, 0.4) is 0 Å². The predicted octanol–water partition coefficient (Wildman–Crippen LogP) is 5.49. The number of hydrogen-bond donors (Lipinski definition) is 2. The number of H-pyrrole nitrogens is 1. The molecule has 4 aromatic rings. The first-order chi connectivity index (χ1) is 12.1. The van der Waals surface area contributed by atoms with Crippen LogP contribution < -0.4 is 5.32 Å². The molecule has 1 amide bonds. The monoisotopic (exact) mass is 415 g/mol. The summed E-state index contributed by atoms with van der Waals surface area (Å²) in [6, 6.07) is 15.9. The van der Waals surface area contributed by atoms with Gasteiger partial charge in [-0.1, -0.05) is 17.7 Å². The average Bonchev–Trinajstić information content (AvgIpc) is 3.22.